The van der Waals surface area contributed by atoms with Crippen LogP contribution >= 0.6 is 23.2 Å². The lowest BCUT2D eigenvalue weighted by Crippen LogP contribution is -2.26. The summed E-state index contributed by atoms with van der Waals surface area (Å²) in [4.78, 5) is 25.1. The van der Waals surface area contributed by atoms with Gasteiger partial charge in [0.25, 0.3) is 0 Å². The van der Waals surface area contributed by atoms with E-state index in [0.29, 0.717) is 16.7 Å². The molecule has 0 unspecified atom stereocenters. The molecule has 0 amide bonds. The molecular formula is C23H19Cl2NO3. The molecular weight excluding hydrogens is 409 g/mol. The largest absolute Gasteiger partial charge is 0.481 e. The Morgan fingerprint density at radius 1 is 1.07 bits per heavy atom. The van der Waals surface area contributed by atoms with E-state index in [-0.39, 0.29) is 16.7 Å². The Kier molecular flexibility index (Phi) is 5.34. The van der Waals surface area contributed by atoms with Crippen LogP contribution in [-0.4, -0.2) is 16.9 Å². The van der Waals surface area contributed by atoms with Crippen LogP contribution in [0.1, 0.15) is 35.3 Å². The van der Waals surface area contributed by atoms with E-state index in [1.54, 1.807) is 62.4 Å². The topological polar surface area (TPSA) is 78.2 Å². The van der Waals surface area contributed by atoms with Gasteiger partial charge < -0.3 is 5.11 Å². The first-order chi connectivity index (χ1) is 13.6. The van der Waals surface area contributed by atoms with Crippen molar-refractivity contribution in [2.45, 2.75) is 20.3 Å². The summed E-state index contributed by atoms with van der Waals surface area (Å²) in [7, 11) is 0. The predicted octanol–water partition coefficient (Wildman–Crippen LogP) is 5.40. The highest BCUT2D eigenvalue weighted by atomic mass is 35.5. The number of halogens is 2. The number of hydrogen-bond donors (Lipinski definition) is 1. The molecule has 0 aromatic heterocycles. The van der Waals surface area contributed by atoms with E-state index in [1.807, 2.05) is 6.07 Å². The van der Waals surface area contributed by atoms with E-state index in [4.69, 9.17) is 23.2 Å². The minimum atomic E-state index is -1.42. The smallest absolute Gasteiger partial charge is 0.312 e. The number of carboxylic acid groups (broad SMARTS) is 1. The summed E-state index contributed by atoms with van der Waals surface area (Å²) >= 11 is 11.6. The zero-order valence-corrected chi connectivity index (χ0v) is 17.5. The molecule has 29 heavy (non-hydrogen) atoms. The van der Waals surface area contributed by atoms with Crippen LogP contribution in [0.25, 0.3) is 0 Å². The molecule has 1 aliphatic rings. The molecule has 6 heteroatoms. The summed E-state index contributed by atoms with van der Waals surface area (Å²) < 4.78 is -0.143. The molecule has 1 saturated carbocycles. The lowest BCUT2D eigenvalue weighted by Gasteiger charge is -2.16. The SMILES string of the molecule is CC1(C)[C@](C#N)(C=C(Cl)Cl)[C@@]1(Cc1cccc(C(=O)c2ccccc2)c1)C(=O)O. The number of carbonyl (C=O) groups is 2. The molecule has 2 aromatic carbocycles. The minimum Gasteiger partial charge on any atom is -0.481 e. The van der Waals surface area contributed by atoms with Gasteiger partial charge in [0.2, 0.25) is 0 Å². The monoisotopic (exact) mass is 427 g/mol. The van der Waals surface area contributed by atoms with Crippen molar-refractivity contribution in [3.8, 4) is 6.07 Å². The van der Waals surface area contributed by atoms with Gasteiger partial charge in [-0.3, -0.25) is 9.59 Å². The van der Waals surface area contributed by atoms with Crippen LogP contribution in [0.15, 0.2) is 65.2 Å². The third-order valence-electron chi connectivity index (χ3n) is 6.22. The Bertz CT molecular complexity index is 1050. The lowest BCUT2D eigenvalue weighted by atomic mass is 9.85. The second-order valence-electron chi connectivity index (χ2n) is 7.76. The van der Waals surface area contributed by atoms with Crippen molar-refractivity contribution in [2.75, 3.05) is 0 Å². The number of rotatable bonds is 6. The molecule has 0 radical (unpaired) electrons. The van der Waals surface area contributed by atoms with Crippen molar-refractivity contribution in [1.82, 2.24) is 0 Å². The van der Waals surface area contributed by atoms with Crippen molar-refractivity contribution in [2.24, 2.45) is 16.2 Å². The zero-order chi connectivity index (χ0) is 21.4. The molecule has 3 rings (SSSR count). The van der Waals surface area contributed by atoms with E-state index < -0.39 is 22.2 Å². The average molecular weight is 428 g/mol. The van der Waals surface area contributed by atoms with Crippen molar-refractivity contribution in [3.05, 3.63) is 81.9 Å². The van der Waals surface area contributed by atoms with Gasteiger partial charge in [0.05, 0.1) is 6.07 Å². The number of carbonyl (C=O) groups excluding carboxylic acids is 1. The van der Waals surface area contributed by atoms with Crippen LogP contribution in [0.2, 0.25) is 0 Å². The standard InChI is InChI=1S/C23H19Cl2NO3/c1-21(2)22(14-26,13-18(24)25)23(21,20(28)29)12-15-7-6-10-17(11-15)19(27)16-8-4-3-5-9-16/h3-11,13H,12H2,1-2H3,(H,28,29)/t22-,23+/m1/s1. The van der Waals surface area contributed by atoms with Gasteiger partial charge in [-0.25, -0.2) is 0 Å². The van der Waals surface area contributed by atoms with E-state index in [9.17, 15) is 20.0 Å². The third-order valence-corrected chi connectivity index (χ3v) is 6.44. The molecule has 0 spiro atoms. The van der Waals surface area contributed by atoms with E-state index in [0.717, 1.165) is 0 Å². The van der Waals surface area contributed by atoms with Crippen molar-refractivity contribution >= 4 is 35.0 Å². The number of aliphatic carboxylic acids is 1. The third kappa shape index (κ3) is 3.06. The first-order valence-electron chi connectivity index (χ1n) is 9.00. The maximum Gasteiger partial charge on any atom is 0.312 e. The van der Waals surface area contributed by atoms with Gasteiger partial charge in [0.1, 0.15) is 15.3 Å². The number of nitriles is 1. The van der Waals surface area contributed by atoms with Crippen LogP contribution in [0.5, 0.6) is 0 Å². The van der Waals surface area contributed by atoms with Crippen LogP contribution in [-0.2, 0) is 11.2 Å². The fourth-order valence-corrected chi connectivity index (χ4v) is 4.82. The van der Waals surface area contributed by atoms with Crippen LogP contribution in [0.3, 0.4) is 0 Å². The molecule has 2 aromatic rings. The summed E-state index contributed by atoms with van der Waals surface area (Å²) in [5.74, 6) is -1.25. The molecule has 0 saturated heterocycles. The second-order valence-corrected chi connectivity index (χ2v) is 8.77. The Labute approximate surface area is 179 Å². The molecule has 1 fully saturated rings. The van der Waals surface area contributed by atoms with Crippen LogP contribution < -0.4 is 0 Å². The number of benzene rings is 2. The number of allylic oxidation sites excluding steroid dienone is 1. The zero-order valence-electron chi connectivity index (χ0n) is 15.9. The molecule has 0 heterocycles. The van der Waals surface area contributed by atoms with Gasteiger partial charge in [0.15, 0.2) is 5.78 Å². The summed E-state index contributed by atoms with van der Waals surface area (Å²) in [6.45, 7) is 3.44. The number of nitrogens with zero attached hydrogens (tertiary/aromatic N) is 1. The molecule has 0 bridgehead atoms. The fraction of sp³-hybridized carbons (Fsp3) is 0.261. The van der Waals surface area contributed by atoms with E-state index in [1.165, 1.54) is 6.08 Å². The highest BCUT2D eigenvalue weighted by Gasteiger charge is 2.86. The van der Waals surface area contributed by atoms with Crippen LogP contribution in [0, 0.1) is 27.6 Å². The maximum atomic E-state index is 12.8. The lowest BCUT2D eigenvalue weighted by molar-refractivity contribution is -0.145. The quantitative estimate of drug-likeness (QED) is 0.625. The number of ketones is 1. The van der Waals surface area contributed by atoms with Gasteiger partial charge in [-0.2, -0.15) is 5.26 Å². The van der Waals surface area contributed by atoms with Crippen molar-refractivity contribution in [3.63, 3.8) is 0 Å². The van der Waals surface area contributed by atoms with E-state index >= 15 is 0 Å². The molecule has 4 nitrogen and oxygen atoms in total. The summed E-state index contributed by atoms with van der Waals surface area (Å²) in [5, 5.41) is 20.0. The Morgan fingerprint density at radius 2 is 1.69 bits per heavy atom. The highest BCUT2D eigenvalue weighted by Crippen LogP contribution is 2.80. The fourth-order valence-electron chi connectivity index (χ4n) is 4.49. The normalized spacial score (nSPS) is 24.2. The Balaban J connectivity index is 2.03. The minimum absolute atomic E-state index is 0.0658. The maximum absolute atomic E-state index is 12.8. The number of carboxylic acids is 1. The second kappa shape index (κ2) is 7.33. The molecule has 2 atom stereocenters. The first kappa shape index (κ1) is 21.1. The Morgan fingerprint density at radius 3 is 2.24 bits per heavy atom. The predicted molar refractivity (Wildman–Crippen MR) is 112 cm³/mol. The Hall–Kier alpha value is -2.61. The first-order valence-corrected chi connectivity index (χ1v) is 9.76. The van der Waals surface area contributed by atoms with Gasteiger partial charge >= 0.3 is 5.97 Å². The molecule has 1 aliphatic carbocycles. The van der Waals surface area contributed by atoms with Crippen LogP contribution in [0.4, 0.5) is 0 Å². The van der Waals surface area contributed by atoms with E-state index in [2.05, 4.69) is 6.07 Å². The number of hydrogen-bond acceptors (Lipinski definition) is 3. The molecule has 0 aliphatic heterocycles. The summed E-state index contributed by atoms with van der Waals surface area (Å²) in [5.41, 5.74) is -2.02. The van der Waals surface area contributed by atoms with Gasteiger partial charge in [-0.15, -0.1) is 0 Å². The summed E-state index contributed by atoms with van der Waals surface area (Å²) in [6, 6.07) is 17.8. The van der Waals surface area contributed by atoms with Gasteiger partial charge in [0, 0.05) is 16.5 Å². The molecule has 1 N–H and O–H groups in total. The van der Waals surface area contributed by atoms with Gasteiger partial charge in [-0.05, 0) is 24.1 Å². The average Bonchev–Trinajstić information content (AvgIpc) is 3.10. The van der Waals surface area contributed by atoms with Gasteiger partial charge in [-0.1, -0.05) is 85.6 Å². The molecule has 148 valence electrons. The summed E-state index contributed by atoms with van der Waals surface area (Å²) in [6.07, 6.45) is 1.39. The van der Waals surface area contributed by atoms with Crippen molar-refractivity contribution < 1.29 is 14.7 Å². The highest BCUT2D eigenvalue weighted by molar-refractivity contribution is 6.56. The van der Waals surface area contributed by atoms with Crippen molar-refractivity contribution in [1.29, 1.82) is 5.26 Å².